The minimum atomic E-state index is -1.05. The number of likely N-dealkylation sites (tertiary alicyclic amines) is 1. The molecule has 3 N–H and O–H groups in total. The van der Waals surface area contributed by atoms with Crippen LogP contribution in [0.25, 0.3) is 0 Å². The van der Waals surface area contributed by atoms with Gasteiger partial charge in [-0.3, -0.25) is 10.2 Å². The quantitative estimate of drug-likeness (QED) is 0.679. The highest BCUT2D eigenvalue weighted by Crippen LogP contribution is 2.43. The lowest BCUT2D eigenvalue weighted by Gasteiger charge is -2.26. The second-order valence-electron chi connectivity index (χ2n) is 8.70. The number of para-hydroxylation sites is 1. The van der Waals surface area contributed by atoms with E-state index in [1.165, 1.54) is 6.07 Å². The predicted molar refractivity (Wildman–Crippen MR) is 110 cm³/mol. The Morgan fingerprint density at radius 1 is 1.29 bits per heavy atom. The fourth-order valence-electron chi connectivity index (χ4n) is 5.08. The Hall–Kier alpha value is -2.68. The third-order valence-electron chi connectivity index (χ3n) is 6.56. The Bertz CT molecular complexity index is 987. The summed E-state index contributed by atoms with van der Waals surface area (Å²) in [5.74, 6) is 0.274. The van der Waals surface area contributed by atoms with E-state index >= 15 is 0 Å². The van der Waals surface area contributed by atoms with E-state index in [9.17, 15) is 19.4 Å². The van der Waals surface area contributed by atoms with Crippen molar-refractivity contribution in [3.8, 4) is 5.75 Å². The average Bonchev–Trinajstić information content (AvgIpc) is 3.18. The molecule has 0 aromatic heterocycles. The number of hydrogen-bond donors (Lipinski definition) is 3. The maximum atomic E-state index is 14.9. The van der Waals surface area contributed by atoms with Gasteiger partial charge in [0.2, 0.25) is 0 Å². The number of fused-ring (bicyclic) bond motifs is 2. The molecule has 1 amide bonds. The molecule has 2 aromatic rings. The number of rotatable bonds is 5. The smallest absolute Gasteiger partial charge is 0.411 e. The molecule has 1 saturated heterocycles. The van der Waals surface area contributed by atoms with E-state index in [0.717, 1.165) is 12.2 Å². The summed E-state index contributed by atoms with van der Waals surface area (Å²) in [6.45, 7) is 1.08. The van der Waals surface area contributed by atoms with Crippen LogP contribution in [0.3, 0.4) is 0 Å². The Morgan fingerprint density at radius 3 is 2.87 bits per heavy atom. The van der Waals surface area contributed by atoms with Gasteiger partial charge in [0.05, 0.1) is 17.4 Å². The SMILES string of the molecule is O=C1Nc2ccc(C(O)CN3C[C@H]4C[C@H](Oc5ccccc5)C[C@@]4(O)C3)c(F)c2CO1. The zero-order valence-corrected chi connectivity index (χ0v) is 17.0. The van der Waals surface area contributed by atoms with Crippen LogP contribution in [0.5, 0.6) is 5.75 Å². The molecule has 2 aliphatic heterocycles. The molecule has 1 aliphatic carbocycles. The van der Waals surface area contributed by atoms with Gasteiger partial charge < -0.3 is 19.7 Å². The second-order valence-corrected chi connectivity index (χ2v) is 8.70. The van der Waals surface area contributed by atoms with Crippen LogP contribution >= 0.6 is 0 Å². The molecule has 1 unspecified atom stereocenters. The van der Waals surface area contributed by atoms with Gasteiger partial charge in [-0.05, 0) is 24.6 Å². The standard InChI is InChI=1S/C23H25FN2O5/c24-21-17(6-7-19-18(21)12-30-22(28)25-19)20(27)11-26-10-14-8-16(9-23(14,29)13-26)31-15-4-2-1-3-5-15/h1-7,14,16,20,27,29H,8-13H2,(H,25,28)/t14-,16+,20?,23-/m1/s1. The number of carbonyl (C=O) groups excluding carboxylic acids is 1. The molecule has 0 spiro atoms. The third-order valence-corrected chi connectivity index (χ3v) is 6.56. The lowest BCUT2D eigenvalue weighted by atomic mass is 9.95. The molecule has 2 fully saturated rings. The predicted octanol–water partition coefficient (Wildman–Crippen LogP) is 2.83. The summed E-state index contributed by atoms with van der Waals surface area (Å²) in [4.78, 5) is 13.3. The molecule has 3 aliphatic rings. The van der Waals surface area contributed by atoms with Gasteiger partial charge in [0.25, 0.3) is 0 Å². The van der Waals surface area contributed by atoms with Gasteiger partial charge in [-0.25, -0.2) is 9.18 Å². The summed E-state index contributed by atoms with van der Waals surface area (Å²) >= 11 is 0. The minimum Gasteiger partial charge on any atom is -0.490 e. The van der Waals surface area contributed by atoms with Crippen LogP contribution in [0.1, 0.15) is 30.1 Å². The summed E-state index contributed by atoms with van der Waals surface area (Å²) in [5, 5.41) is 24.3. The molecule has 7 nitrogen and oxygen atoms in total. The van der Waals surface area contributed by atoms with Crippen LogP contribution in [-0.2, 0) is 11.3 Å². The first-order valence-corrected chi connectivity index (χ1v) is 10.5. The number of amides is 1. The molecule has 2 heterocycles. The van der Waals surface area contributed by atoms with Gasteiger partial charge in [0.15, 0.2) is 0 Å². The fraction of sp³-hybridized carbons (Fsp3) is 0.435. The van der Waals surface area contributed by atoms with Crippen molar-refractivity contribution in [2.75, 3.05) is 25.0 Å². The summed E-state index contributed by atoms with van der Waals surface area (Å²) in [7, 11) is 0. The number of cyclic esters (lactones) is 1. The highest BCUT2D eigenvalue weighted by atomic mass is 19.1. The Labute approximate surface area is 179 Å². The summed E-state index contributed by atoms with van der Waals surface area (Å²) < 4.78 is 25.8. The van der Waals surface area contributed by atoms with E-state index < -0.39 is 23.6 Å². The lowest BCUT2D eigenvalue weighted by Crippen LogP contribution is -2.36. The molecule has 5 rings (SSSR count). The normalized spacial score (nSPS) is 28.4. The van der Waals surface area contributed by atoms with E-state index in [1.54, 1.807) is 6.07 Å². The van der Waals surface area contributed by atoms with Crippen LogP contribution in [0, 0.1) is 11.7 Å². The maximum absolute atomic E-state index is 14.9. The number of benzene rings is 2. The summed E-state index contributed by atoms with van der Waals surface area (Å²) in [5.41, 5.74) is -0.118. The number of hydrogen-bond acceptors (Lipinski definition) is 6. The number of β-amino-alcohol motifs (C(OH)–C–C–N with tert-alkyl or cyclic N) is 2. The molecule has 0 bridgehead atoms. The van der Waals surface area contributed by atoms with Crippen molar-refractivity contribution in [2.45, 2.75) is 37.3 Å². The van der Waals surface area contributed by atoms with Gasteiger partial charge in [0.1, 0.15) is 24.3 Å². The monoisotopic (exact) mass is 428 g/mol. The number of carbonyl (C=O) groups is 1. The summed E-state index contributed by atoms with van der Waals surface area (Å²) in [6.07, 6.45) is -0.447. The number of aliphatic hydroxyl groups excluding tert-OH is 1. The van der Waals surface area contributed by atoms with E-state index in [0.29, 0.717) is 25.2 Å². The second kappa shape index (κ2) is 7.78. The van der Waals surface area contributed by atoms with Crippen molar-refractivity contribution < 1.29 is 28.9 Å². The van der Waals surface area contributed by atoms with E-state index in [2.05, 4.69) is 5.32 Å². The molecule has 31 heavy (non-hydrogen) atoms. The first-order valence-electron chi connectivity index (χ1n) is 10.5. The van der Waals surface area contributed by atoms with E-state index in [4.69, 9.17) is 9.47 Å². The van der Waals surface area contributed by atoms with Crippen LogP contribution in [0.15, 0.2) is 42.5 Å². The Kier molecular flexibility index (Phi) is 5.08. The van der Waals surface area contributed by atoms with E-state index in [1.807, 2.05) is 35.2 Å². The number of nitrogens with zero attached hydrogens (tertiary/aromatic N) is 1. The van der Waals surface area contributed by atoms with Crippen LogP contribution in [0.4, 0.5) is 14.9 Å². The van der Waals surface area contributed by atoms with Gasteiger partial charge in [-0.1, -0.05) is 24.3 Å². The van der Waals surface area contributed by atoms with Crippen molar-refractivity contribution in [1.29, 1.82) is 0 Å². The van der Waals surface area contributed by atoms with Crippen molar-refractivity contribution in [1.82, 2.24) is 4.90 Å². The minimum absolute atomic E-state index is 0.0437. The van der Waals surface area contributed by atoms with Gasteiger partial charge in [-0.15, -0.1) is 0 Å². The largest absolute Gasteiger partial charge is 0.490 e. The Morgan fingerprint density at radius 2 is 2.10 bits per heavy atom. The fourth-order valence-corrected chi connectivity index (χ4v) is 5.08. The van der Waals surface area contributed by atoms with Crippen LogP contribution < -0.4 is 10.1 Å². The highest BCUT2D eigenvalue weighted by Gasteiger charge is 2.52. The molecule has 2 aromatic carbocycles. The molecule has 8 heteroatoms. The number of nitrogens with one attached hydrogen (secondary N) is 1. The zero-order chi connectivity index (χ0) is 21.6. The number of halogens is 1. The molecule has 1 saturated carbocycles. The topological polar surface area (TPSA) is 91.3 Å². The molecule has 164 valence electrons. The zero-order valence-electron chi connectivity index (χ0n) is 17.0. The number of aliphatic hydroxyl groups is 2. The van der Waals surface area contributed by atoms with Crippen molar-refractivity contribution in [2.24, 2.45) is 5.92 Å². The first kappa shape index (κ1) is 20.2. The number of anilines is 1. The third kappa shape index (κ3) is 3.86. The molecule has 4 atom stereocenters. The summed E-state index contributed by atoms with van der Waals surface area (Å²) in [6, 6.07) is 12.6. The highest BCUT2D eigenvalue weighted by molar-refractivity contribution is 5.87. The molecular weight excluding hydrogens is 403 g/mol. The van der Waals surface area contributed by atoms with Crippen LogP contribution in [0.2, 0.25) is 0 Å². The maximum Gasteiger partial charge on any atom is 0.411 e. The van der Waals surface area contributed by atoms with Crippen molar-refractivity contribution in [3.05, 3.63) is 59.4 Å². The van der Waals surface area contributed by atoms with Crippen molar-refractivity contribution in [3.63, 3.8) is 0 Å². The number of ether oxygens (including phenoxy) is 2. The molecular formula is C23H25FN2O5. The van der Waals surface area contributed by atoms with Gasteiger partial charge >= 0.3 is 6.09 Å². The van der Waals surface area contributed by atoms with Crippen molar-refractivity contribution >= 4 is 11.8 Å². The van der Waals surface area contributed by atoms with Gasteiger partial charge in [0, 0.05) is 43.1 Å². The van der Waals surface area contributed by atoms with E-state index in [-0.39, 0.29) is 36.3 Å². The average molecular weight is 428 g/mol. The van der Waals surface area contributed by atoms with Crippen LogP contribution in [-0.4, -0.2) is 52.5 Å². The molecule has 0 radical (unpaired) electrons. The van der Waals surface area contributed by atoms with Gasteiger partial charge in [-0.2, -0.15) is 0 Å². The lowest BCUT2D eigenvalue weighted by molar-refractivity contribution is 0.0177. The Balaban J connectivity index is 1.22. The first-order chi connectivity index (χ1) is 14.9.